The fourth-order valence-corrected chi connectivity index (χ4v) is 4.34. The summed E-state index contributed by atoms with van der Waals surface area (Å²) in [4.78, 5) is 9.15. The molecule has 0 saturated heterocycles. The highest BCUT2D eigenvalue weighted by molar-refractivity contribution is 7.92. The van der Waals surface area contributed by atoms with Crippen molar-refractivity contribution in [2.45, 2.75) is 4.90 Å². The van der Waals surface area contributed by atoms with E-state index in [1.54, 1.807) is 13.1 Å². The molecule has 10 heteroatoms. The van der Waals surface area contributed by atoms with Gasteiger partial charge >= 0.3 is 0 Å². The summed E-state index contributed by atoms with van der Waals surface area (Å²) in [7, 11) is -2.25. The minimum atomic E-state index is -3.90. The second kappa shape index (κ2) is 8.83. The number of nitrogens with zero attached hydrogens (tertiary/aromatic N) is 4. The van der Waals surface area contributed by atoms with Gasteiger partial charge in [-0.2, -0.15) is 5.10 Å². The van der Waals surface area contributed by atoms with Gasteiger partial charge in [0.25, 0.3) is 10.0 Å². The number of anilines is 5. The summed E-state index contributed by atoms with van der Waals surface area (Å²) in [6.07, 6.45) is 2.70. The number of sulfonamides is 1. The van der Waals surface area contributed by atoms with Crippen LogP contribution in [-0.4, -0.2) is 28.2 Å². The highest BCUT2D eigenvalue weighted by Gasteiger charge is 2.20. The fourth-order valence-electron chi connectivity index (χ4n) is 3.34. The summed E-state index contributed by atoms with van der Waals surface area (Å²) >= 11 is 0. The summed E-state index contributed by atoms with van der Waals surface area (Å²) in [6.45, 7) is 0. The lowest BCUT2D eigenvalue weighted by Gasteiger charge is -2.14. The Bertz CT molecular complexity index is 1550. The molecule has 0 aliphatic carbocycles. The van der Waals surface area contributed by atoms with Crippen LogP contribution in [0, 0.1) is 0 Å². The second-order valence-electron chi connectivity index (χ2n) is 7.56. The van der Waals surface area contributed by atoms with E-state index in [-0.39, 0.29) is 16.5 Å². The Morgan fingerprint density at radius 3 is 1.88 bits per heavy atom. The van der Waals surface area contributed by atoms with Crippen LogP contribution >= 0.6 is 0 Å². The highest BCUT2D eigenvalue weighted by Crippen LogP contribution is 2.28. The van der Waals surface area contributed by atoms with Crippen molar-refractivity contribution in [3.8, 4) is 0 Å². The number of aromatic nitrogens is 4. The molecule has 3 N–H and O–H groups in total. The fraction of sp³-hybridized carbons (Fsp3) is 0.0417. The summed E-state index contributed by atoms with van der Waals surface area (Å²) in [5, 5.41) is 10.5. The van der Waals surface area contributed by atoms with Gasteiger partial charge in [-0.3, -0.25) is 9.40 Å². The summed E-state index contributed by atoms with van der Waals surface area (Å²) in [5.41, 5.74) is 3.83. The molecule has 0 amide bonds. The number of nitrogens with one attached hydrogen (secondary N) is 3. The first kappa shape index (κ1) is 21.4. The predicted molar refractivity (Wildman–Crippen MR) is 133 cm³/mol. The molecule has 0 spiro atoms. The Balaban J connectivity index is 1.45. The molecule has 0 aliphatic heterocycles. The van der Waals surface area contributed by atoms with Crippen LogP contribution in [0.5, 0.6) is 0 Å². The quantitative estimate of drug-likeness (QED) is 0.317. The van der Waals surface area contributed by atoms with Crippen LogP contribution < -0.4 is 15.4 Å². The van der Waals surface area contributed by atoms with E-state index in [9.17, 15) is 8.42 Å². The van der Waals surface area contributed by atoms with E-state index in [1.807, 2.05) is 72.8 Å². The standard InChI is InChI=1S/C24H21N7O2S/c1-31-16-20(15-25-31)34(32,33)30-24-23(28-21-9-5-6-10-22(21)29-24)27-19-13-11-18(12-14-19)26-17-7-3-2-4-8-17/h2-16,26H,1H3,(H,27,28)(H,29,30). The molecule has 0 bridgehead atoms. The van der Waals surface area contributed by atoms with Crippen LogP contribution in [0.3, 0.4) is 0 Å². The molecular weight excluding hydrogens is 450 g/mol. The molecule has 5 rings (SSSR count). The molecule has 170 valence electrons. The Hall–Kier alpha value is -4.44. The third kappa shape index (κ3) is 4.66. The van der Waals surface area contributed by atoms with Crippen LogP contribution in [0.4, 0.5) is 28.7 Å². The number of para-hydroxylation sites is 3. The van der Waals surface area contributed by atoms with Crippen molar-refractivity contribution in [2.24, 2.45) is 7.05 Å². The zero-order valence-corrected chi connectivity index (χ0v) is 19.0. The molecule has 5 aromatic rings. The first-order chi connectivity index (χ1) is 16.5. The summed E-state index contributed by atoms with van der Waals surface area (Å²) in [5.74, 6) is 0.379. The van der Waals surface area contributed by atoms with Gasteiger partial charge in [-0.05, 0) is 48.5 Å². The lowest BCUT2D eigenvalue weighted by atomic mass is 10.2. The van der Waals surface area contributed by atoms with E-state index >= 15 is 0 Å². The lowest BCUT2D eigenvalue weighted by molar-refractivity contribution is 0.601. The smallest absolute Gasteiger partial charge is 0.266 e. The van der Waals surface area contributed by atoms with Gasteiger partial charge in [-0.15, -0.1) is 0 Å². The first-order valence-electron chi connectivity index (χ1n) is 10.4. The summed E-state index contributed by atoms with van der Waals surface area (Å²) < 4.78 is 29.8. The van der Waals surface area contributed by atoms with Crippen molar-refractivity contribution in [1.29, 1.82) is 0 Å². The van der Waals surface area contributed by atoms with Gasteiger partial charge in [-0.1, -0.05) is 30.3 Å². The third-order valence-electron chi connectivity index (χ3n) is 5.00. The molecule has 0 fully saturated rings. The third-order valence-corrected chi connectivity index (χ3v) is 6.30. The Morgan fingerprint density at radius 2 is 1.26 bits per heavy atom. The van der Waals surface area contributed by atoms with E-state index < -0.39 is 10.0 Å². The number of hydrogen-bond acceptors (Lipinski definition) is 7. The Labute approximate surface area is 196 Å². The van der Waals surface area contributed by atoms with Gasteiger partial charge in [0.1, 0.15) is 4.90 Å². The molecule has 2 heterocycles. The van der Waals surface area contributed by atoms with Gasteiger partial charge in [-0.25, -0.2) is 18.4 Å². The maximum absolute atomic E-state index is 12.9. The Morgan fingerprint density at radius 1 is 0.706 bits per heavy atom. The van der Waals surface area contributed by atoms with Crippen molar-refractivity contribution in [3.05, 3.63) is 91.3 Å². The second-order valence-corrected chi connectivity index (χ2v) is 9.24. The molecule has 0 aliphatic rings. The monoisotopic (exact) mass is 471 g/mol. The summed E-state index contributed by atoms with van der Waals surface area (Å²) in [6, 6.07) is 24.7. The van der Waals surface area contributed by atoms with Gasteiger partial charge < -0.3 is 10.6 Å². The number of fused-ring (bicyclic) bond motifs is 1. The van der Waals surface area contributed by atoms with Gasteiger partial charge in [0.15, 0.2) is 11.6 Å². The van der Waals surface area contributed by atoms with Crippen LogP contribution in [0.15, 0.2) is 96.2 Å². The van der Waals surface area contributed by atoms with Crippen molar-refractivity contribution >= 4 is 49.8 Å². The van der Waals surface area contributed by atoms with E-state index in [0.29, 0.717) is 11.0 Å². The minimum absolute atomic E-state index is 0.0345. The van der Waals surface area contributed by atoms with Crippen molar-refractivity contribution in [2.75, 3.05) is 15.4 Å². The molecule has 9 nitrogen and oxygen atoms in total. The largest absolute Gasteiger partial charge is 0.356 e. The molecule has 0 atom stereocenters. The lowest BCUT2D eigenvalue weighted by Crippen LogP contribution is -2.15. The van der Waals surface area contributed by atoms with E-state index in [2.05, 4.69) is 30.4 Å². The van der Waals surface area contributed by atoms with Crippen LogP contribution in [0.1, 0.15) is 0 Å². The number of hydrogen-bond donors (Lipinski definition) is 3. The van der Waals surface area contributed by atoms with Gasteiger partial charge in [0, 0.05) is 30.3 Å². The average molecular weight is 472 g/mol. The normalized spacial score (nSPS) is 11.3. The molecule has 2 aromatic heterocycles. The topological polar surface area (TPSA) is 114 Å². The van der Waals surface area contributed by atoms with Crippen LogP contribution in [0.25, 0.3) is 11.0 Å². The van der Waals surface area contributed by atoms with E-state index in [0.717, 1.165) is 17.1 Å². The predicted octanol–water partition coefficient (Wildman–Crippen LogP) is 4.65. The number of aryl methyl sites for hydroxylation is 1. The molecule has 34 heavy (non-hydrogen) atoms. The molecule has 0 radical (unpaired) electrons. The maximum Gasteiger partial charge on any atom is 0.266 e. The molecule has 3 aromatic carbocycles. The van der Waals surface area contributed by atoms with E-state index in [4.69, 9.17) is 0 Å². The number of benzene rings is 3. The molecule has 0 unspecified atom stereocenters. The SMILES string of the molecule is Cn1cc(S(=O)(=O)Nc2nc3ccccc3nc2Nc2ccc(Nc3ccccc3)cc2)cn1. The zero-order chi connectivity index (χ0) is 23.5. The van der Waals surface area contributed by atoms with E-state index in [1.165, 1.54) is 17.1 Å². The van der Waals surface area contributed by atoms with Gasteiger partial charge in [0.2, 0.25) is 0 Å². The van der Waals surface area contributed by atoms with Gasteiger partial charge in [0.05, 0.1) is 17.2 Å². The van der Waals surface area contributed by atoms with Crippen LogP contribution in [0.2, 0.25) is 0 Å². The van der Waals surface area contributed by atoms with Crippen LogP contribution in [-0.2, 0) is 17.1 Å². The maximum atomic E-state index is 12.9. The first-order valence-corrected chi connectivity index (χ1v) is 11.9. The average Bonchev–Trinajstić information content (AvgIpc) is 3.29. The van der Waals surface area contributed by atoms with Crippen molar-refractivity contribution < 1.29 is 8.42 Å². The highest BCUT2D eigenvalue weighted by atomic mass is 32.2. The van der Waals surface area contributed by atoms with Crippen molar-refractivity contribution in [3.63, 3.8) is 0 Å². The van der Waals surface area contributed by atoms with Crippen molar-refractivity contribution in [1.82, 2.24) is 19.7 Å². The zero-order valence-electron chi connectivity index (χ0n) is 18.2. The molecule has 0 saturated carbocycles. The Kier molecular flexibility index (Phi) is 5.56. The molecular formula is C24H21N7O2S. The number of rotatable bonds is 7. The minimum Gasteiger partial charge on any atom is -0.356 e.